The van der Waals surface area contributed by atoms with Gasteiger partial charge >= 0.3 is 0 Å². The van der Waals surface area contributed by atoms with E-state index in [9.17, 15) is 4.79 Å². The van der Waals surface area contributed by atoms with E-state index in [0.29, 0.717) is 17.6 Å². The number of aromatic nitrogens is 2. The van der Waals surface area contributed by atoms with E-state index in [2.05, 4.69) is 28.9 Å². The number of carbonyl (C=O) groups excluding carboxylic acids is 1. The fraction of sp³-hybridized carbons (Fsp3) is 0.583. The summed E-state index contributed by atoms with van der Waals surface area (Å²) >= 11 is 0. The van der Waals surface area contributed by atoms with E-state index in [-0.39, 0.29) is 5.91 Å². The number of amides is 1. The number of carbonyl (C=O) groups is 1. The highest BCUT2D eigenvalue weighted by atomic mass is 16.2. The van der Waals surface area contributed by atoms with Crippen LogP contribution in [-0.2, 0) is 0 Å². The molecule has 0 saturated carbocycles. The molecular weight excluding hydrogens is 230 g/mol. The van der Waals surface area contributed by atoms with E-state index in [1.807, 2.05) is 4.90 Å². The first-order chi connectivity index (χ1) is 8.61. The third-order valence-corrected chi connectivity index (χ3v) is 3.36. The topological polar surface area (TPSA) is 75.3 Å². The maximum absolute atomic E-state index is 12.2. The zero-order valence-electron chi connectivity index (χ0n) is 10.8. The van der Waals surface area contributed by atoms with Crippen LogP contribution in [0.5, 0.6) is 0 Å². The lowest BCUT2D eigenvalue weighted by molar-refractivity contribution is 0.0522. The molecule has 0 bridgehead atoms. The molecule has 0 spiro atoms. The third-order valence-electron chi connectivity index (χ3n) is 3.36. The summed E-state index contributed by atoms with van der Waals surface area (Å²) in [5.74, 6) is 0.265. The van der Waals surface area contributed by atoms with Crippen LogP contribution >= 0.6 is 0 Å². The molecule has 2 N–H and O–H groups in total. The van der Waals surface area contributed by atoms with Crippen LogP contribution in [0.3, 0.4) is 0 Å². The molecule has 1 aromatic rings. The van der Waals surface area contributed by atoms with Crippen LogP contribution in [0, 0.1) is 0 Å². The molecule has 1 aliphatic heterocycles. The summed E-state index contributed by atoms with van der Waals surface area (Å²) in [6, 6.07) is 3.61. The molecule has 0 aromatic carbocycles. The second-order valence-electron chi connectivity index (χ2n) is 4.57. The van der Waals surface area contributed by atoms with Gasteiger partial charge in [0.15, 0.2) is 5.69 Å². The fourth-order valence-corrected chi connectivity index (χ4v) is 2.27. The van der Waals surface area contributed by atoms with Crippen molar-refractivity contribution in [3.05, 3.63) is 17.8 Å². The summed E-state index contributed by atoms with van der Waals surface area (Å²) in [6.07, 6.45) is 0. The van der Waals surface area contributed by atoms with Gasteiger partial charge in [-0.2, -0.15) is 0 Å². The van der Waals surface area contributed by atoms with Gasteiger partial charge in [-0.3, -0.25) is 9.69 Å². The quantitative estimate of drug-likeness (QED) is 0.811. The number of nitrogens with two attached hydrogens (primary N) is 1. The van der Waals surface area contributed by atoms with Crippen molar-refractivity contribution in [2.45, 2.75) is 19.9 Å². The van der Waals surface area contributed by atoms with Crippen molar-refractivity contribution in [1.82, 2.24) is 20.0 Å². The number of hydrogen-bond acceptors (Lipinski definition) is 5. The first-order valence-corrected chi connectivity index (χ1v) is 6.24. The third kappa shape index (κ3) is 2.59. The first-order valence-electron chi connectivity index (χ1n) is 6.24. The molecular formula is C12H19N5O. The van der Waals surface area contributed by atoms with Crippen LogP contribution in [-0.4, -0.2) is 58.1 Å². The molecule has 6 nitrogen and oxygen atoms in total. The van der Waals surface area contributed by atoms with Crippen molar-refractivity contribution in [1.29, 1.82) is 0 Å². The summed E-state index contributed by atoms with van der Waals surface area (Å²) in [7, 11) is 0. The van der Waals surface area contributed by atoms with Crippen LogP contribution < -0.4 is 5.73 Å². The van der Waals surface area contributed by atoms with Crippen LogP contribution in [0.1, 0.15) is 24.3 Å². The number of piperazine rings is 1. The Morgan fingerprint density at radius 2 is 2.22 bits per heavy atom. The van der Waals surface area contributed by atoms with Gasteiger partial charge in [0, 0.05) is 25.7 Å². The Kier molecular flexibility index (Phi) is 3.76. The van der Waals surface area contributed by atoms with E-state index in [0.717, 1.165) is 26.2 Å². The smallest absolute Gasteiger partial charge is 0.274 e. The second kappa shape index (κ2) is 5.30. The van der Waals surface area contributed by atoms with Crippen molar-refractivity contribution in [2.75, 3.05) is 31.9 Å². The lowest BCUT2D eigenvalue weighted by Gasteiger charge is -2.39. The standard InChI is InChI=1S/C12H19N5O/c1-3-16-6-7-17(8-9(16)2)12(18)10-4-5-11(13)15-14-10/h4-5,9H,3,6-8H2,1-2H3,(H2,13,15). The average molecular weight is 249 g/mol. The summed E-state index contributed by atoms with van der Waals surface area (Å²) in [5.41, 5.74) is 5.82. The Morgan fingerprint density at radius 1 is 1.44 bits per heavy atom. The molecule has 1 amide bonds. The Hall–Kier alpha value is -1.69. The van der Waals surface area contributed by atoms with Gasteiger partial charge in [-0.05, 0) is 25.6 Å². The van der Waals surface area contributed by atoms with Gasteiger partial charge in [0.2, 0.25) is 0 Å². The number of hydrogen-bond donors (Lipinski definition) is 1. The number of likely N-dealkylation sites (N-methyl/N-ethyl adjacent to an activating group) is 1. The molecule has 0 aliphatic carbocycles. The predicted molar refractivity (Wildman–Crippen MR) is 69.1 cm³/mol. The Labute approximate surface area is 107 Å². The molecule has 1 aliphatic rings. The van der Waals surface area contributed by atoms with Crippen molar-refractivity contribution < 1.29 is 4.79 Å². The molecule has 98 valence electrons. The molecule has 1 aromatic heterocycles. The predicted octanol–water partition coefficient (Wildman–Crippen LogP) is 0.225. The van der Waals surface area contributed by atoms with Gasteiger partial charge in [0.1, 0.15) is 5.82 Å². The number of anilines is 1. The van der Waals surface area contributed by atoms with E-state index in [1.54, 1.807) is 12.1 Å². The molecule has 2 heterocycles. The Morgan fingerprint density at radius 3 is 2.78 bits per heavy atom. The zero-order chi connectivity index (χ0) is 13.1. The normalized spacial score (nSPS) is 21.0. The van der Waals surface area contributed by atoms with Crippen molar-refractivity contribution >= 4 is 11.7 Å². The molecule has 0 radical (unpaired) electrons. The van der Waals surface area contributed by atoms with E-state index in [1.165, 1.54) is 0 Å². The minimum atomic E-state index is -0.0647. The highest BCUT2D eigenvalue weighted by Crippen LogP contribution is 2.11. The number of rotatable bonds is 2. The summed E-state index contributed by atoms with van der Waals surface area (Å²) in [6.45, 7) is 7.68. The van der Waals surface area contributed by atoms with E-state index >= 15 is 0 Å². The number of nitrogen functional groups attached to an aromatic ring is 1. The largest absolute Gasteiger partial charge is 0.382 e. The highest BCUT2D eigenvalue weighted by molar-refractivity contribution is 5.92. The maximum atomic E-state index is 12.2. The van der Waals surface area contributed by atoms with Crippen LogP contribution in [0.2, 0.25) is 0 Å². The van der Waals surface area contributed by atoms with Gasteiger partial charge in [-0.15, -0.1) is 10.2 Å². The van der Waals surface area contributed by atoms with Crippen molar-refractivity contribution in [3.8, 4) is 0 Å². The zero-order valence-corrected chi connectivity index (χ0v) is 10.8. The molecule has 1 saturated heterocycles. The fourth-order valence-electron chi connectivity index (χ4n) is 2.27. The SMILES string of the molecule is CCN1CCN(C(=O)c2ccc(N)nn2)CC1C. The van der Waals surface area contributed by atoms with Gasteiger partial charge < -0.3 is 10.6 Å². The minimum absolute atomic E-state index is 0.0647. The minimum Gasteiger partial charge on any atom is -0.382 e. The lowest BCUT2D eigenvalue weighted by atomic mass is 10.2. The van der Waals surface area contributed by atoms with Gasteiger partial charge in [0.05, 0.1) is 0 Å². The number of nitrogens with zero attached hydrogens (tertiary/aromatic N) is 4. The molecule has 18 heavy (non-hydrogen) atoms. The second-order valence-corrected chi connectivity index (χ2v) is 4.57. The van der Waals surface area contributed by atoms with Crippen LogP contribution in [0.25, 0.3) is 0 Å². The summed E-state index contributed by atoms with van der Waals surface area (Å²) in [5, 5.41) is 7.55. The molecule has 2 rings (SSSR count). The van der Waals surface area contributed by atoms with Gasteiger partial charge in [0.25, 0.3) is 5.91 Å². The lowest BCUT2D eigenvalue weighted by Crippen LogP contribution is -2.53. The monoisotopic (exact) mass is 249 g/mol. The molecule has 1 unspecified atom stereocenters. The van der Waals surface area contributed by atoms with Crippen molar-refractivity contribution in [3.63, 3.8) is 0 Å². The van der Waals surface area contributed by atoms with E-state index in [4.69, 9.17) is 5.73 Å². The molecule has 6 heteroatoms. The summed E-state index contributed by atoms with van der Waals surface area (Å²) in [4.78, 5) is 16.4. The maximum Gasteiger partial charge on any atom is 0.274 e. The first kappa shape index (κ1) is 12.8. The average Bonchev–Trinajstić information content (AvgIpc) is 2.38. The Bertz CT molecular complexity index is 419. The van der Waals surface area contributed by atoms with Crippen molar-refractivity contribution in [2.24, 2.45) is 0 Å². The van der Waals surface area contributed by atoms with Crippen LogP contribution in [0.4, 0.5) is 5.82 Å². The molecule has 1 fully saturated rings. The molecule has 1 atom stereocenters. The van der Waals surface area contributed by atoms with Gasteiger partial charge in [-0.1, -0.05) is 6.92 Å². The summed E-state index contributed by atoms with van der Waals surface area (Å²) < 4.78 is 0. The van der Waals surface area contributed by atoms with Crippen LogP contribution in [0.15, 0.2) is 12.1 Å². The van der Waals surface area contributed by atoms with Gasteiger partial charge in [-0.25, -0.2) is 0 Å². The Balaban J connectivity index is 2.04. The van der Waals surface area contributed by atoms with E-state index < -0.39 is 0 Å². The highest BCUT2D eigenvalue weighted by Gasteiger charge is 2.26.